The summed E-state index contributed by atoms with van der Waals surface area (Å²) in [7, 11) is 0. The van der Waals surface area contributed by atoms with E-state index < -0.39 is 46.4 Å². The van der Waals surface area contributed by atoms with Gasteiger partial charge in [-0.2, -0.15) is 33.9 Å². The molecule has 104 heavy (non-hydrogen) atoms. The van der Waals surface area contributed by atoms with Crippen molar-refractivity contribution in [2.24, 2.45) is 0 Å². The molecule has 36 heteroatoms. The number of pyridine rings is 2. The number of ether oxygens (including phenoxy) is 5. The van der Waals surface area contributed by atoms with Gasteiger partial charge in [0.1, 0.15) is 49.9 Å². The monoisotopic (exact) mass is 1480 g/mol. The van der Waals surface area contributed by atoms with Crippen LogP contribution in [0.25, 0.3) is 43.9 Å². The molecule has 4 fully saturated rings. The second-order valence-electron chi connectivity index (χ2n) is 24.5. The van der Waals surface area contributed by atoms with Crippen molar-refractivity contribution < 1.29 is 65.3 Å². The maximum Gasteiger partial charge on any atom is 0.412 e. The predicted octanol–water partition coefficient (Wildman–Crippen LogP) is 10.8. The molecule has 0 radical (unpaired) electrons. The van der Waals surface area contributed by atoms with Gasteiger partial charge < -0.3 is 45.0 Å². The van der Waals surface area contributed by atoms with Crippen molar-refractivity contribution in [2.45, 2.75) is 102 Å². The highest BCUT2D eigenvalue weighted by atomic mass is 32.1. The number of nitro groups is 1. The highest BCUT2D eigenvalue weighted by molar-refractivity contribution is 7.13. The largest absolute Gasteiger partial charge is 0.412 e. The first-order valence-corrected chi connectivity index (χ1v) is 36.0. The van der Waals surface area contributed by atoms with Crippen molar-refractivity contribution in [3.63, 3.8) is 0 Å². The average Bonchev–Trinajstić information content (AvgIpc) is 1.64. The SMILES string of the molecule is CCOC1CCC(n2cc(NC(=O)c3csc(-c4cn[nH]c4)n3)c(-c3nc(F)ccc3F)n2)CC1.CCOC1CCC(n2cc(NC(=O)c3csc(-c4cnn(C(=O)NCCCN5CCOCC5)c4)n3)c(-c3nc(F)ccc3F)n2)CC1.O=C(NCCCN1CCOCC1)Oc1ccc([N+](=O)[O-])cc1. The summed E-state index contributed by atoms with van der Waals surface area (Å²) in [5.74, 6) is -3.98. The minimum Gasteiger partial charge on any atom is -0.410 e. The summed E-state index contributed by atoms with van der Waals surface area (Å²) in [4.78, 5) is 81.4. The summed E-state index contributed by atoms with van der Waals surface area (Å²) >= 11 is 2.51. The van der Waals surface area contributed by atoms with Crippen molar-refractivity contribution >= 4 is 63.7 Å². The molecule has 4 aliphatic rings. The zero-order valence-electron chi connectivity index (χ0n) is 57.1. The smallest absolute Gasteiger partial charge is 0.410 e. The Labute approximate surface area is 602 Å². The number of carbonyl (C=O) groups excluding carboxylic acids is 4. The summed E-state index contributed by atoms with van der Waals surface area (Å²) in [6.45, 7) is 14.7. The van der Waals surface area contributed by atoms with Crippen LogP contribution in [0, 0.1) is 33.6 Å². The van der Waals surface area contributed by atoms with E-state index in [1.807, 2.05) is 13.8 Å². The number of nitrogens with one attached hydrogen (secondary N) is 5. The van der Waals surface area contributed by atoms with E-state index in [0.29, 0.717) is 41.9 Å². The third kappa shape index (κ3) is 20.8. The Morgan fingerprint density at radius 1 is 0.615 bits per heavy atom. The highest BCUT2D eigenvalue weighted by Crippen LogP contribution is 2.37. The van der Waals surface area contributed by atoms with Crippen molar-refractivity contribution in [1.29, 1.82) is 0 Å². The number of non-ortho nitro benzene ring substituents is 1. The Bertz CT molecular complexity index is 4300. The highest BCUT2D eigenvalue weighted by Gasteiger charge is 2.30. The summed E-state index contributed by atoms with van der Waals surface area (Å²) in [5, 5.41) is 45.7. The molecule has 13 rings (SSSR count). The quantitative estimate of drug-likeness (QED) is 0.0123. The first-order valence-electron chi connectivity index (χ1n) is 34.3. The number of benzene rings is 1. The number of nitro benzene ring substituents is 1. The van der Waals surface area contributed by atoms with Gasteiger partial charge >= 0.3 is 12.1 Å². The van der Waals surface area contributed by atoms with Gasteiger partial charge in [0, 0.05) is 111 Å². The molecule has 0 unspecified atom stereocenters. The van der Waals surface area contributed by atoms with Crippen LogP contribution in [0.5, 0.6) is 5.75 Å². The van der Waals surface area contributed by atoms with Crippen LogP contribution in [0.4, 0.5) is 44.2 Å². The number of halogens is 4. The first kappa shape index (κ1) is 75.3. The number of aromatic nitrogens is 12. The lowest BCUT2D eigenvalue weighted by Crippen LogP contribution is -2.38. The van der Waals surface area contributed by atoms with E-state index in [1.165, 1.54) is 57.8 Å². The molecule has 2 saturated heterocycles. The molecule has 4 amide bonds. The number of amides is 4. The zero-order valence-corrected chi connectivity index (χ0v) is 58.7. The van der Waals surface area contributed by atoms with Crippen LogP contribution in [0.3, 0.4) is 0 Å². The molecule has 30 nitrogen and oxygen atoms in total. The van der Waals surface area contributed by atoms with Gasteiger partial charge in [-0.25, -0.2) is 38.3 Å². The van der Waals surface area contributed by atoms with Crippen LogP contribution < -0.4 is 26.0 Å². The fourth-order valence-corrected chi connectivity index (χ4v) is 13.6. The number of hydrogen-bond acceptors (Lipinski definition) is 23. The van der Waals surface area contributed by atoms with Crippen LogP contribution in [0.15, 0.2) is 96.5 Å². The molecule has 5 N–H and O–H groups in total. The molecule has 2 saturated carbocycles. The Morgan fingerprint density at radius 3 is 1.58 bits per heavy atom. The first-order chi connectivity index (χ1) is 50.5. The summed E-state index contributed by atoms with van der Waals surface area (Å²) in [5.41, 5.74) is 1.52. The molecule has 0 atom stereocenters. The van der Waals surface area contributed by atoms with Crippen molar-refractivity contribution in [2.75, 3.05) is 103 Å². The van der Waals surface area contributed by atoms with Gasteiger partial charge in [-0.05, 0) is 128 Å². The standard InChI is InChI=1S/C31H37F2N9O4S.C23H23F2N7O2S.C14H19N3O5/c1-2-46-22-6-4-21(5-7-22)41-18-24(28(39-41)27-23(32)8-9-26(33)38-27)36-29(43)25-19-47-30(37-25)20-16-35-42(17-20)31(44)34-10-3-11-40-12-14-45-15-13-40;1-2-34-15-5-3-14(4-6-15)32-11-17(21(31-32)20-16(24)7-8-19(25)30-20)28-22(33)18-12-35-23(29-18)13-9-26-27-10-13;18-14(15-6-1-7-16-8-10-21-11-9-16)22-13-4-2-12(3-5-13)17(19)20/h8-9,16-19,21-22H,2-7,10-15H2,1H3,(H,34,44)(H,36,43);7-12,14-15H,2-6H2,1H3,(H,26,27)(H,28,33);2-5H,1,6-11H2,(H,15,18). The second-order valence-corrected chi connectivity index (χ2v) is 26.2. The van der Waals surface area contributed by atoms with Gasteiger partial charge in [-0.15, -0.1) is 22.7 Å². The van der Waals surface area contributed by atoms with Crippen LogP contribution in [-0.4, -0.2) is 202 Å². The van der Waals surface area contributed by atoms with Gasteiger partial charge in [-0.1, -0.05) is 0 Å². The van der Waals surface area contributed by atoms with E-state index in [9.17, 15) is 46.9 Å². The van der Waals surface area contributed by atoms with E-state index >= 15 is 0 Å². The molecule has 9 aromatic rings. The van der Waals surface area contributed by atoms with Crippen molar-refractivity contribution in [3.05, 3.63) is 142 Å². The molecule has 1 aromatic carbocycles. The number of carbonyl (C=O) groups is 4. The molecule has 552 valence electrons. The number of nitrogens with zero attached hydrogens (tertiary/aromatic N) is 14. The number of anilines is 2. The van der Waals surface area contributed by atoms with E-state index in [0.717, 1.165) is 160 Å². The summed E-state index contributed by atoms with van der Waals surface area (Å²) in [6.07, 6.45) is 17.7. The Kier molecular flexibility index (Phi) is 26.8. The number of rotatable bonds is 24. The lowest BCUT2D eigenvalue weighted by Gasteiger charge is -2.28. The molecule has 0 bridgehead atoms. The third-order valence-electron chi connectivity index (χ3n) is 17.4. The number of hydrogen-bond donors (Lipinski definition) is 5. The molecule has 10 heterocycles. The lowest BCUT2D eigenvalue weighted by atomic mass is 9.93. The second kappa shape index (κ2) is 37.1. The Balaban J connectivity index is 0.000000167. The van der Waals surface area contributed by atoms with Crippen LogP contribution >= 0.6 is 22.7 Å². The van der Waals surface area contributed by atoms with Gasteiger partial charge in [0.25, 0.3) is 17.5 Å². The number of aromatic amines is 1. The molecular weight excluding hydrogens is 1400 g/mol. The molecular formula is C68H79F4N19O11S2. The molecule has 2 aliphatic heterocycles. The van der Waals surface area contributed by atoms with Gasteiger partial charge in [0.05, 0.1) is 79.4 Å². The molecule has 0 spiro atoms. The number of morpholine rings is 2. The maximum absolute atomic E-state index is 14.8. The predicted molar refractivity (Wildman–Crippen MR) is 375 cm³/mol. The fourth-order valence-electron chi connectivity index (χ4n) is 12.1. The van der Waals surface area contributed by atoms with Crippen LogP contribution in [0.1, 0.15) is 111 Å². The number of thiazole rings is 2. The Morgan fingerprint density at radius 2 is 1.11 bits per heavy atom. The minimum absolute atomic E-state index is 0.00268. The molecule has 2 aliphatic carbocycles. The van der Waals surface area contributed by atoms with Crippen molar-refractivity contribution in [1.82, 2.24) is 79.9 Å². The van der Waals surface area contributed by atoms with Gasteiger partial charge in [0.2, 0.25) is 11.9 Å². The van der Waals surface area contributed by atoms with Crippen LogP contribution in [0.2, 0.25) is 0 Å². The zero-order chi connectivity index (χ0) is 72.9. The van der Waals surface area contributed by atoms with E-state index in [4.69, 9.17) is 23.7 Å². The minimum atomic E-state index is -0.864. The van der Waals surface area contributed by atoms with E-state index in [2.05, 4.69) is 76.5 Å². The fraction of sp³-hybridized carbons (Fsp3) is 0.441. The number of H-pyrrole nitrogens is 1. The lowest BCUT2D eigenvalue weighted by molar-refractivity contribution is -0.384. The summed E-state index contributed by atoms with van der Waals surface area (Å²) in [6, 6.07) is 8.90. The molecule has 8 aromatic heterocycles. The van der Waals surface area contributed by atoms with Crippen LogP contribution in [-0.2, 0) is 18.9 Å². The topological polar surface area (TPSA) is 346 Å². The normalized spacial score (nSPS) is 17.8. The van der Waals surface area contributed by atoms with E-state index in [-0.39, 0.29) is 87.3 Å². The van der Waals surface area contributed by atoms with Gasteiger partial charge in [0.15, 0.2) is 11.6 Å². The van der Waals surface area contributed by atoms with Crippen molar-refractivity contribution in [3.8, 4) is 49.7 Å². The summed E-state index contributed by atoms with van der Waals surface area (Å²) < 4.78 is 89.1. The van der Waals surface area contributed by atoms with E-state index in [1.54, 1.807) is 51.1 Å². The maximum atomic E-state index is 14.8. The average molecular weight is 1480 g/mol. The third-order valence-corrected chi connectivity index (χ3v) is 19.2. The van der Waals surface area contributed by atoms with Gasteiger partial charge in [-0.3, -0.25) is 44.0 Å². The Hall–Kier alpha value is -9.82.